The normalized spacial score (nSPS) is 10.6. The number of aryl methyl sites for hydroxylation is 3. The molecule has 1 aromatic heterocycles. The standard InChI is InChI=1S/C16H22N4/c1-12-6-4-7-15(10-12)20(9-5-8-17)16-18-13(2)11-14(3)19-16/h4,6-7,10-11H,5,8-9,17H2,1-3H3. The van der Waals surface area contributed by atoms with Gasteiger partial charge in [0.25, 0.3) is 0 Å². The number of nitrogens with zero attached hydrogens (tertiary/aromatic N) is 3. The van der Waals surface area contributed by atoms with Crippen molar-refractivity contribution in [1.29, 1.82) is 0 Å². The largest absolute Gasteiger partial charge is 0.330 e. The summed E-state index contributed by atoms with van der Waals surface area (Å²) >= 11 is 0. The Labute approximate surface area is 120 Å². The smallest absolute Gasteiger partial charge is 0.230 e. The van der Waals surface area contributed by atoms with Crippen molar-refractivity contribution < 1.29 is 0 Å². The van der Waals surface area contributed by atoms with Crippen LogP contribution in [0.5, 0.6) is 0 Å². The fourth-order valence-electron chi connectivity index (χ4n) is 2.22. The molecule has 0 fully saturated rings. The molecule has 0 saturated carbocycles. The van der Waals surface area contributed by atoms with E-state index in [2.05, 4.69) is 46.1 Å². The van der Waals surface area contributed by atoms with Gasteiger partial charge in [-0.1, -0.05) is 12.1 Å². The Kier molecular flexibility index (Phi) is 4.69. The molecule has 2 aromatic rings. The lowest BCUT2D eigenvalue weighted by Crippen LogP contribution is -2.23. The van der Waals surface area contributed by atoms with Crippen LogP contribution in [0.3, 0.4) is 0 Å². The van der Waals surface area contributed by atoms with E-state index >= 15 is 0 Å². The maximum Gasteiger partial charge on any atom is 0.230 e. The van der Waals surface area contributed by atoms with Crippen molar-refractivity contribution in [3.05, 3.63) is 47.3 Å². The molecular weight excluding hydrogens is 248 g/mol. The molecule has 0 radical (unpaired) electrons. The molecule has 1 aromatic carbocycles. The minimum absolute atomic E-state index is 0.660. The summed E-state index contributed by atoms with van der Waals surface area (Å²) in [6.45, 7) is 7.56. The number of hydrogen-bond donors (Lipinski definition) is 1. The molecule has 0 aliphatic heterocycles. The quantitative estimate of drug-likeness (QED) is 0.907. The molecule has 0 saturated heterocycles. The highest BCUT2D eigenvalue weighted by Crippen LogP contribution is 2.23. The monoisotopic (exact) mass is 270 g/mol. The molecule has 0 aliphatic carbocycles. The Morgan fingerprint density at radius 2 is 1.75 bits per heavy atom. The molecular formula is C16H22N4. The summed E-state index contributed by atoms with van der Waals surface area (Å²) < 4.78 is 0. The second-order valence-corrected chi connectivity index (χ2v) is 5.08. The lowest BCUT2D eigenvalue weighted by molar-refractivity contribution is 0.794. The maximum absolute atomic E-state index is 5.66. The summed E-state index contributed by atoms with van der Waals surface area (Å²) in [6.07, 6.45) is 0.907. The van der Waals surface area contributed by atoms with Crippen LogP contribution in [0.4, 0.5) is 11.6 Å². The third kappa shape index (κ3) is 3.54. The van der Waals surface area contributed by atoms with Crippen LogP contribution in [0.2, 0.25) is 0 Å². The Morgan fingerprint density at radius 3 is 2.35 bits per heavy atom. The zero-order valence-corrected chi connectivity index (χ0v) is 12.4. The number of nitrogens with two attached hydrogens (primary N) is 1. The van der Waals surface area contributed by atoms with Crippen LogP contribution in [0.1, 0.15) is 23.4 Å². The highest BCUT2D eigenvalue weighted by molar-refractivity contribution is 5.58. The van der Waals surface area contributed by atoms with Crippen molar-refractivity contribution >= 4 is 11.6 Å². The number of rotatable bonds is 5. The molecule has 20 heavy (non-hydrogen) atoms. The number of benzene rings is 1. The molecule has 2 N–H and O–H groups in total. The fourth-order valence-corrected chi connectivity index (χ4v) is 2.22. The van der Waals surface area contributed by atoms with E-state index in [1.807, 2.05) is 19.9 Å². The van der Waals surface area contributed by atoms with Gasteiger partial charge in [-0.05, 0) is 57.5 Å². The van der Waals surface area contributed by atoms with Crippen LogP contribution in [0.15, 0.2) is 30.3 Å². The molecule has 0 spiro atoms. The predicted molar refractivity (Wildman–Crippen MR) is 83.4 cm³/mol. The topological polar surface area (TPSA) is 55.0 Å². The first-order chi connectivity index (χ1) is 9.60. The minimum atomic E-state index is 0.660. The first kappa shape index (κ1) is 14.5. The first-order valence-electron chi connectivity index (χ1n) is 6.96. The van der Waals surface area contributed by atoms with Crippen molar-refractivity contribution in [2.45, 2.75) is 27.2 Å². The Balaban J connectivity index is 2.41. The maximum atomic E-state index is 5.66. The van der Waals surface area contributed by atoms with Crippen molar-refractivity contribution in [3.63, 3.8) is 0 Å². The molecule has 2 rings (SSSR count). The summed E-state index contributed by atoms with van der Waals surface area (Å²) in [7, 11) is 0. The zero-order valence-electron chi connectivity index (χ0n) is 12.4. The summed E-state index contributed by atoms with van der Waals surface area (Å²) in [4.78, 5) is 11.3. The summed E-state index contributed by atoms with van der Waals surface area (Å²) in [5.41, 5.74) is 9.96. The van der Waals surface area contributed by atoms with Crippen LogP contribution >= 0.6 is 0 Å². The lowest BCUT2D eigenvalue weighted by Gasteiger charge is -2.23. The van der Waals surface area contributed by atoms with E-state index in [0.29, 0.717) is 6.54 Å². The Morgan fingerprint density at radius 1 is 1.05 bits per heavy atom. The van der Waals surface area contributed by atoms with Gasteiger partial charge in [-0.15, -0.1) is 0 Å². The SMILES string of the molecule is Cc1cccc(N(CCCN)c2nc(C)cc(C)n2)c1. The van der Waals surface area contributed by atoms with Crippen LogP contribution < -0.4 is 10.6 Å². The summed E-state index contributed by atoms with van der Waals surface area (Å²) in [5, 5.41) is 0. The van der Waals surface area contributed by atoms with Gasteiger partial charge in [-0.25, -0.2) is 9.97 Å². The molecule has 4 heteroatoms. The molecule has 0 aliphatic rings. The van der Waals surface area contributed by atoms with Gasteiger partial charge in [0.1, 0.15) is 0 Å². The van der Waals surface area contributed by atoms with E-state index < -0.39 is 0 Å². The van der Waals surface area contributed by atoms with Crippen molar-refractivity contribution in [3.8, 4) is 0 Å². The number of hydrogen-bond acceptors (Lipinski definition) is 4. The Hall–Kier alpha value is -1.94. The summed E-state index contributed by atoms with van der Waals surface area (Å²) in [6, 6.07) is 10.4. The van der Waals surface area contributed by atoms with Crippen LogP contribution in [0, 0.1) is 20.8 Å². The van der Waals surface area contributed by atoms with Gasteiger partial charge in [0, 0.05) is 23.6 Å². The van der Waals surface area contributed by atoms with Gasteiger partial charge >= 0.3 is 0 Å². The second kappa shape index (κ2) is 6.48. The molecule has 0 amide bonds. The highest BCUT2D eigenvalue weighted by atomic mass is 15.3. The van der Waals surface area contributed by atoms with Crippen LogP contribution in [-0.4, -0.2) is 23.1 Å². The van der Waals surface area contributed by atoms with Gasteiger partial charge in [0.15, 0.2) is 0 Å². The van der Waals surface area contributed by atoms with E-state index in [4.69, 9.17) is 5.73 Å². The van der Waals surface area contributed by atoms with E-state index in [1.54, 1.807) is 0 Å². The molecule has 4 nitrogen and oxygen atoms in total. The average molecular weight is 270 g/mol. The number of anilines is 2. The average Bonchev–Trinajstić information content (AvgIpc) is 2.38. The second-order valence-electron chi connectivity index (χ2n) is 5.08. The highest BCUT2D eigenvalue weighted by Gasteiger charge is 2.12. The van der Waals surface area contributed by atoms with Crippen molar-refractivity contribution in [1.82, 2.24) is 9.97 Å². The van der Waals surface area contributed by atoms with Gasteiger partial charge in [-0.2, -0.15) is 0 Å². The fraction of sp³-hybridized carbons (Fsp3) is 0.375. The lowest BCUT2D eigenvalue weighted by atomic mass is 10.2. The predicted octanol–water partition coefficient (Wildman–Crippen LogP) is 2.89. The third-order valence-corrected chi connectivity index (χ3v) is 3.11. The van der Waals surface area contributed by atoms with E-state index in [9.17, 15) is 0 Å². The van der Waals surface area contributed by atoms with Crippen molar-refractivity contribution in [2.75, 3.05) is 18.0 Å². The Bertz CT molecular complexity index is 560. The van der Waals surface area contributed by atoms with E-state index in [-0.39, 0.29) is 0 Å². The van der Waals surface area contributed by atoms with Crippen LogP contribution in [0.25, 0.3) is 0 Å². The third-order valence-electron chi connectivity index (χ3n) is 3.11. The van der Waals surface area contributed by atoms with E-state index in [0.717, 1.165) is 36.0 Å². The molecule has 0 atom stereocenters. The van der Waals surface area contributed by atoms with Gasteiger partial charge in [0.05, 0.1) is 0 Å². The zero-order chi connectivity index (χ0) is 14.5. The molecule has 0 unspecified atom stereocenters. The molecule has 0 bridgehead atoms. The molecule has 1 heterocycles. The van der Waals surface area contributed by atoms with Gasteiger partial charge < -0.3 is 10.6 Å². The minimum Gasteiger partial charge on any atom is -0.330 e. The summed E-state index contributed by atoms with van der Waals surface area (Å²) in [5.74, 6) is 0.751. The number of aromatic nitrogens is 2. The van der Waals surface area contributed by atoms with Crippen LogP contribution in [-0.2, 0) is 0 Å². The van der Waals surface area contributed by atoms with Crippen molar-refractivity contribution in [2.24, 2.45) is 5.73 Å². The van der Waals surface area contributed by atoms with Gasteiger partial charge in [-0.3, -0.25) is 0 Å². The first-order valence-corrected chi connectivity index (χ1v) is 6.96. The van der Waals surface area contributed by atoms with Gasteiger partial charge in [0.2, 0.25) is 5.95 Å². The molecule has 106 valence electrons. The van der Waals surface area contributed by atoms with E-state index in [1.165, 1.54) is 5.56 Å².